The lowest BCUT2D eigenvalue weighted by Crippen LogP contribution is -2.11. The summed E-state index contributed by atoms with van der Waals surface area (Å²) >= 11 is 0. The topological polar surface area (TPSA) is 3.24 Å². The lowest BCUT2D eigenvalue weighted by Gasteiger charge is -2.24. The standard InChI is InChI=1S/C20H25N/c1-16-8-6-7-11-20(16)21(2)19-14-12-18(13-15-19)17-9-4-3-5-10-17/h6-8,11-15,17H,3-5,9-10H2,1-2H3. The first kappa shape index (κ1) is 14.2. The van der Waals surface area contributed by atoms with Gasteiger partial charge in [0.15, 0.2) is 0 Å². The maximum Gasteiger partial charge on any atom is 0.0437 e. The molecule has 1 aliphatic carbocycles. The van der Waals surface area contributed by atoms with Crippen LogP contribution in [0.2, 0.25) is 0 Å². The van der Waals surface area contributed by atoms with Crippen LogP contribution < -0.4 is 4.90 Å². The summed E-state index contributed by atoms with van der Waals surface area (Å²) in [5.74, 6) is 0.788. The summed E-state index contributed by atoms with van der Waals surface area (Å²) in [5, 5.41) is 0. The number of hydrogen-bond donors (Lipinski definition) is 0. The molecule has 0 atom stereocenters. The Morgan fingerprint density at radius 3 is 2.19 bits per heavy atom. The largest absolute Gasteiger partial charge is 0.344 e. The van der Waals surface area contributed by atoms with E-state index >= 15 is 0 Å². The van der Waals surface area contributed by atoms with Gasteiger partial charge in [-0.3, -0.25) is 0 Å². The van der Waals surface area contributed by atoms with Gasteiger partial charge in [-0.2, -0.15) is 0 Å². The molecular weight excluding hydrogens is 254 g/mol. The molecule has 0 spiro atoms. The summed E-state index contributed by atoms with van der Waals surface area (Å²) < 4.78 is 0. The smallest absolute Gasteiger partial charge is 0.0437 e. The van der Waals surface area contributed by atoms with Gasteiger partial charge < -0.3 is 4.90 Å². The fraction of sp³-hybridized carbons (Fsp3) is 0.400. The van der Waals surface area contributed by atoms with E-state index in [1.807, 2.05) is 0 Å². The highest BCUT2D eigenvalue weighted by atomic mass is 15.1. The summed E-state index contributed by atoms with van der Waals surface area (Å²) in [5.41, 5.74) is 5.39. The van der Waals surface area contributed by atoms with Crippen LogP contribution in [0.5, 0.6) is 0 Å². The molecule has 0 amide bonds. The Bertz CT molecular complexity index is 579. The van der Waals surface area contributed by atoms with E-state index < -0.39 is 0 Å². The number of rotatable bonds is 3. The van der Waals surface area contributed by atoms with E-state index in [1.165, 1.54) is 54.6 Å². The van der Waals surface area contributed by atoms with Gasteiger partial charge in [-0.05, 0) is 55.0 Å². The van der Waals surface area contributed by atoms with Crippen LogP contribution in [0.25, 0.3) is 0 Å². The van der Waals surface area contributed by atoms with Gasteiger partial charge in [-0.1, -0.05) is 49.6 Å². The molecule has 1 saturated carbocycles. The second kappa shape index (κ2) is 6.34. The van der Waals surface area contributed by atoms with Gasteiger partial charge >= 0.3 is 0 Å². The van der Waals surface area contributed by atoms with E-state index in [0.29, 0.717) is 0 Å². The normalized spacial score (nSPS) is 15.9. The molecule has 1 heteroatoms. The van der Waals surface area contributed by atoms with Crippen molar-refractivity contribution in [3.63, 3.8) is 0 Å². The van der Waals surface area contributed by atoms with Crippen LogP contribution in [0.1, 0.15) is 49.1 Å². The second-order valence-electron chi connectivity index (χ2n) is 6.27. The van der Waals surface area contributed by atoms with Gasteiger partial charge in [0.05, 0.1) is 0 Å². The molecule has 21 heavy (non-hydrogen) atoms. The third-order valence-corrected chi connectivity index (χ3v) is 4.83. The van der Waals surface area contributed by atoms with Gasteiger partial charge in [0.2, 0.25) is 0 Å². The third-order valence-electron chi connectivity index (χ3n) is 4.83. The Labute approximate surface area is 128 Å². The average Bonchev–Trinajstić information content (AvgIpc) is 2.56. The van der Waals surface area contributed by atoms with Crippen LogP contribution in [0.4, 0.5) is 11.4 Å². The van der Waals surface area contributed by atoms with E-state index in [0.717, 1.165) is 5.92 Å². The lowest BCUT2D eigenvalue weighted by atomic mass is 9.84. The first-order valence-electron chi connectivity index (χ1n) is 8.15. The zero-order chi connectivity index (χ0) is 14.7. The molecule has 2 aromatic rings. The third kappa shape index (κ3) is 3.12. The van der Waals surface area contributed by atoms with Crippen molar-refractivity contribution >= 4 is 11.4 Å². The van der Waals surface area contributed by atoms with Crippen LogP contribution in [-0.4, -0.2) is 7.05 Å². The summed E-state index contributed by atoms with van der Waals surface area (Å²) in [4.78, 5) is 2.28. The fourth-order valence-corrected chi connectivity index (χ4v) is 3.48. The molecule has 1 aliphatic rings. The molecule has 1 nitrogen and oxygen atoms in total. The maximum absolute atomic E-state index is 2.33. The summed E-state index contributed by atoms with van der Waals surface area (Å²) in [7, 11) is 2.15. The van der Waals surface area contributed by atoms with Crippen molar-refractivity contribution in [1.82, 2.24) is 0 Å². The predicted molar refractivity (Wildman–Crippen MR) is 91.5 cm³/mol. The van der Waals surface area contributed by atoms with E-state index in [9.17, 15) is 0 Å². The number of anilines is 2. The number of benzene rings is 2. The molecule has 110 valence electrons. The van der Waals surface area contributed by atoms with Crippen LogP contribution >= 0.6 is 0 Å². The van der Waals surface area contributed by atoms with Gasteiger partial charge in [0.1, 0.15) is 0 Å². The summed E-state index contributed by atoms with van der Waals surface area (Å²) in [6.45, 7) is 2.17. The Morgan fingerprint density at radius 1 is 0.857 bits per heavy atom. The first-order chi connectivity index (χ1) is 10.3. The minimum absolute atomic E-state index is 0.788. The highest BCUT2D eigenvalue weighted by Crippen LogP contribution is 2.34. The number of hydrogen-bond acceptors (Lipinski definition) is 1. The molecule has 3 rings (SSSR count). The average molecular weight is 279 g/mol. The molecule has 0 saturated heterocycles. The van der Waals surface area contributed by atoms with Crippen molar-refractivity contribution in [3.05, 3.63) is 59.7 Å². The lowest BCUT2D eigenvalue weighted by molar-refractivity contribution is 0.443. The highest BCUT2D eigenvalue weighted by molar-refractivity contribution is 5.65. The minimum Gasteiger partial charge on any atom is -0.344 e. The van der Waals surface area contributed by atoms with Crippen LogP contribution in [0, 0.1) is 6.92 Å². The fourth-order valence-electron chi connectivity index (χ4n) is 3.48. The molecule has 0 unspecified atom stereocenters. The van der Waals surface area contributed by atoms with Gasteiger partial charge in [-0.15, -0.1) is 0 Å². The number of para-hydroxylation sites is 1. The Morgan fingerprint density at radius 2 is 1.52 bits per heavy atom. The van der Waals surface area contributed by atoms with E-state index in [4.69, 9.17) is 0 Å². The van der Waals surface area contributed by atoms with E-state index in [2.05, 4.69) is 67.4 Å². The van der Waals surface area contributed by atoms with Crippen LogP contribution in [0.15, 0.2) is 48.5 Å². The van der Waals surface area contributed by atoms with E-state index in [-0.39, 0.29) is 0 Å². The van der Waals surface area contributed by atoms with Gasteiger partial charge in [0, 0.05) is 18.4 Å². The van der Waals surface area contributed by atoms with Crippen molar-refractivity contribution < 1.29 is 0 Å². The van der Waals surface area contributed by atoms with Crippen LogP contribution in [0.3, 0.4) is 0 Å². The molecular formula is C20H25N. The van der Waals surface area contributed by atoms with Gasteiger partial charge in [0.25, 0.3) is 0 Å². The Kier molecular flexibility index (Phi) is 4.28. The quantitative estimate of drug-likeness (QED) is 0.685. The van der Waals surface area contributed by atoms with Crippen molar-refractivity contribution in [2.45, 2.75) is 44.9 Å². The molecule has 2 aromatic carbocycles. The number of nitrogens with zero attached hydrogens (tertiary/aromatic N) is 1. The molecule has 0 N–H and O–H groups in total. The molecule has 0 aliphatic heterocycles. The SMILES string of the molecule is Cc1ccccc1N(C)c1ccc(C2CCCCC2)cc1. The van der Waals surface area contributed by atoms with Crippen molar-refractivity contribution in [2.24, 2.45) is 0 Å². The first-order valence-corrected chi connectivity index (χ1v) is 8.15. The van der Waals surface area contributed by atoms with Crippen molar-refractivity contribution in [1.29, 1.82) is 0 Å². The minimum atomic E-state index is 0.788. The highest BCUT2D eigenvalue weighted by Gasteiger charge is 2.15. The predicted octanol–water partition coefficient (Wildman–Crippen LogP) is 5.81. The summed E-state index contributed by atoms with van der Waals surface area (Å²) in [6, 6.07) is 17.8. The zero-order valence-electron chi connectivity index (χ0n) is 13.2. The van der Waals surface area contributed by atoms with Gasteiger partial charge in [-0.25, -0.2) is 0 Å². The molecule has 0 radical (unpaired) electrons. The van der Waals surface area contributed by atoms with E-state index in [1.54, 1.807) is 0 Å². The molecule has 0 bridgehead atoms. The Balaban J connectivity index is 1.79. The molecule has 0 aromatic heterocycles. The van der Waals surface area contributed by atoms with Crippen molar-refractivity contribution in [2.75, 3.05) is 11.9 Å². The van der Waals surface area contributed by atoms with Crippen molar-refractivity contribution in [3.8, 4) is 0 Å². The molecule has 1 fully saturated rings. The van der Waals surface area contributed by atoms with Crippen LogP contribution in [-0.2, 0) is 0 Å². The molecule has 0 heterocycles. The number of aryl methyl sites for hydroxylation is 1. The Hall–Kier alpha value is -1.76. The maximum atomic E-state index is 2.33. The monoisotopic (exact) mass is 279 g/mol. The zero-order valence-corrected chi connectivity index (χ0v) is 13.2. The summed E-state index contributed by atoms with van der Waals surface area (Å²) in [6.07, 6.45) is 6.95. The second-order valence-corrected chi connectivity index (χ2v) is 6.27.